The molecule has 3 rings (SSSR count). The molecule has 0 radical (unpaired) electrons. The van der Waals surface area contributed by atoms with Gasteiger partial charge in [-0.25, -0.2) is 14.8 Å². The number of fused-ring (bicyclic) bond motifs is 1. The lowest BCUT2D eigenvalue weighted by Gasteiger charge is -2.06. The van der Waals surface area contributed by atoms with Crippen LogP contribution >= 0.6 is 0 Å². The van der Waals surface area contributed by atoms with E-state index < -0.39 is 5.97 Å². The molecule has 20 heavy (non-hydrogen) atoms. The van der Waals surface area contributed by atoms with Gasteiger partial charge in [-0.1, -0.05) is 18.2 Å². The van der Waals surface area contributed by atoms with E-state index in [1.54, 1.807) is 12.3 Å². The molecule has 3 aromatic rings. The Labute approximate surface area is 113 Å². The van der Waals surface area contributed by atoms with E-state index in [0.717, 1.165) is 11.6 Å². The van der Waals surface area contributed by atoms with Crippen LogP contribution in [-0.2, 0) is 0 Å². The van der Waals surface area contributed by atoms with Gasteiger partial charge < -0.3 is 9.84 Å². The third kappa shape index (κ3) is 2.26. The molecule has 1 N–H and O–H groups in total. The Morgan fingerprint density at radius 1 is 1.05 bits per heavy atom. The van der Waals surface area contributed by atoms with E-state index in [-0.39, 0.29) is 11.6 Å². The van der Waals surface area contributed by atoms with Crippen LogP contribution in [-0.4, -0.2) is 26.0 Å². The second-order valence-corrected chi connectivity index (χ2v) is 3.98. The normalized spacial score (nSPS) is 10.4. The molecular formula is C14H9N3O3. The van der Waals surface area contributed by atoms with Crippen molar-refractivity contribution in [1.82, 2.24) is 15.0 Å². The van der Waals surface area contributed by atoms with Crippen LogP contribution in [0.5, 0.6) is 11.6 Å². The molecule has 0 saturated heterocycles. The van der Waals surface area contributed by atoms with Crippen LogP contribution < -0.4 is 4.74 Å². The number of hydrogen-bond donors (Lipinski definition) is 1. The number of pyridine rings is 1. The summed E-state index contributed by atoms with van der Waals surface area (Å²) >= 11 is 0. The fraction of sp³-hybridized carbons (Fsp3) is 0. The molecule has 0 aliphatic heterocycles. The molecule has 98 valence electrons. The average molecular weight is 267 g/mol. The molecule has 2 heterocycles. The van der Waals surface area contributed by atoms with E-state index in [2.05, 4.69) is 15.0 Å². The van der Waals surface area contributed by atoms with Gasteiger partial charge in [-0.3, -0.25) is 4.98 Å². The Kier molecular flexibility index (Phi) is 2.96. The van der Waals surface area contributed by atoms with Crippen molar-refractivity contribution < 1.29 is 14.6 Å². The molecular weight excluding hydrogens is 258 g/mol. The van der Waals surface area contributed by atoms with Gasteiger partial charge in [0.1, 0.15) is 5.52 Å². The molecule has 0 spiro atoms. The van der Waals surface area contributed by atoms with Crippen LogP contribution in [0.3, 0.4) is 0 Å². The van der Waals surface area contributed by atoms with Gasteiger partial charge in [0.15, 0.2) is 11.4 Å². The largest absolute Gasteiger partial charge is 0.476 e. The Morgan fingerprint density at radius 2 is 1.90 bits per heavy atom. The molecule has 0 unspecified atom stereocenters. The number of carboxylic acid groups (broad SMARTS) is 1. The number of ether oxygens (including phenoxy) is 1. The molecule has 0 aliphatic rings. The van der Waals surface area contributed by atoms with Gasteiger partial charge in [0.2, 0.25) is 5.88 Å². The molecule has 0 saturated carbocycles. The summed E-state index contributed by atoms with van der Waals surface area (Å²) in [6.07, 6.45) is 4.09. The minimum Gasteiger partial charge on any atom is -0.476 e. The predicted molar refractivity (Wildman–Crippen MR) is 70.8 cm³/mol. The summed E-state index contributed by atoms with van der Waals surface area (Å²) in [5.41, 5.74) is 0.576. The van der Waals surface area contributed by atoms with Gasteiger partial charge >= 0.3 is 5.97 Å². The van der Waals surface area contributed by atoms with Gasteiger partial charge in [-0.15, -0.1) is 0 Å². The van der Waals surface area contributed by atoms with Crippen molar-refractivity contribution in [3.8, 4) is 11.6 Å². The molecule has 2 aromatic heterocycles. The van der Waals surface area contributed by atoms with Crippen LogP contribution in [0.4, 0.5) is 0 Å². The van der Waals surface area contributed by atoms with Crippen molar-refractivity contribution in [2.75, 3.05) is 0 Å². The number of rotatable bonds is 3. The Balaban J connectivity index is 1.95. The highest BCUT2D eigenvalue weighted by molar-refractivity contribution is 5.85. The highest BCUT2D eigenvalue weighted by Gasteiger charge is 2.08. The summed E-state index contributed by atoms with van der Waals surface area (Å²) in [4.78, 5) is 22.6. The van der Waals surface area contributed by atoms with Gasteiger partial charge in [0.25, 0.3) is 0 Å². The zero-order valence-electron chi connectivity index (χ0n) is 10.2. The Morgan fingerprint density at radius 3 is 2.65 bits per heavy atom. The zero-order chi connectivity index (χ0) is 13.9. The maximum Gasteiger partial charge on any atom is 0.356 e. The lowest BCUT2D eigenvalue weighted by Crippen LogP contribution is -2.01. The smallest absolute Gasteiger partial charge is 0.356 e. The summed E-state index contributed by atoms with van der Waals surface area (Å²) < 4.78 is 5.60. The monoisotopic (exact) mass is 267 g/mol. The first kappa shape index (κ1) is 12.0. The quantitative estimate of drug-likeness (QED) is 0.784. The molecule has 6 nitrogen and oxygen atoms in total. The van der Waals surface area contributed by atoms with E-state index in [9.17, 15) is 4.79 Å². The number of carbonyl (C=O) groups is 1. The topological polar surface area (TPSA) is 85.2 Å². The van der Waals surface area contributed by atoms with Crippen molar-refractivity contribution in [3.05, 3.63) is 54.6 Å². The van der Waals surface area contributed by atoms with Crippen molar-refractivity contribution >= 4 is 16.9 Å². The lowest BCUT2D eigenvalue weighted by atomic mass is 10.2. The minimum atomic E-state index is -1.13. The molecule has 0 amide bonds. The summed E-state index contributed by atoms with van der Waals surface area (Å²) in [6, 6.07) is 9.30. The van der Waals surface area contributed by atoms with E-state index in [1.165, 1.54) is 6.20 Å². The Hall–Kier alpha value is -3.02. The number of carboxylic acids is 1. The molecule has 0 aliphatic carbocycles. The molecule has 1 aromatic carbocycles. The second-order valence-electron chi connectivity index (χ2n) is 3.98. The second kappa shape index (κ2) is 4.93. The molecule has 6 heteroatoms. The highest BCUT2D eigenvalue weighted by Crippen LogP contribution is 2.26. The highest BCUT2D eigenvalue weighted by atomic mass is 16.5. The first-order chi connectivity index (χ1) is 9.74. The number of para-hydroxylation sites is 1. The van der Waals surface area contributed by atoms with E-state index in [4.69, 9.17) is 9.84 Å². The number of hydrogen-bond acceptors (Lipinski definition) is 5. The predicted octanol–water partition coefficient (Wildman–Crippen LogP) is 2.52. The third-order valence-corrected chi connectivity index (χ3v) is 2.66. The molecule has 0 bridgehead atoms. The summed E-state index contributed by atoms with van der Waals surface area (Å²) in [5.74, 6) is -0.371. The van der Waals surface area contributed by atoms with Gasteiger partial charge in [-0.05, 0) is 12.1 Å². The SMILES string of the molecule is O=C(O)c1cnc(Oc2cccc3cccnc23)cn1. The van der Waals surface area contributed by atoms with Crippen molar-refractivity contribution in [2.45, 2.75) is 0 Å². The van der Waals surface area contributed by atoms with E-state index in [0.29, 0.717) is 11.3 Å². The van der Waals surface area contributed by atoms with Crippen molar-refractivity contribution in [3.63, 3.8) is 0 Å². The molecule has 0 fully saturated rings. The third-order valence-electron chi connectivity index (χ3n) is 2.66. The number of nitrogens with zero attached hydrogens (tertiary/aromatic N) is 3. The zero-order valence-corrected chi connectivity index (χ0v) is 10.2. The Bertz CT molecular complexity index is 767. The van der Waals surface area contributed by atoms with Gasteiger partial charge in [0.05, 0.1) is 12.4 Å². The summed E-state index contributed by atoms with van der Waals surface area (Å²) in [7, 11) is 0. The average Bonchev–Trinajstić information content (AvgIpc) is 2.48. The van der Waals surface area contributed by atoms with Gasteiger partial charge in [0, 0.05) is 11.6 Å². The van der Waals surface area contributed by atoms with Crippen LogP contribution in [0.1, 0.15) is 10.5 Å². The fourth-order valence-electron chi connectivity index (χ4n) is 1.75. The first-order valence-electron chi connectivity index (χ1n) is 5.81. The number of aromatic carboxylic acids is 1. The number of aromatic nitrogens is 3. The van der Waals surface area contributed by atoms with Crippen molar-refractivity contribution in [2.24, 2.45) is 0 Å². The number of benzene rings is 1. The van der Waals surface area contributed by atoms with Crippen molar-refractivity contribution in [1.29, 1.82) is 0 Å². The van der Waals surface area contributed by atoms with Crippen LogP contribution in [0.25, 0.3) is 10.9 Å². The standard InChI is InChI=1S/C14H9N3O3/c18-14(19)10-7-17-12(8-16-10)20-11-5-1-3-9-4-2-6-15-13(9)11/h1-8H,(H,18,19). The van der Waals surface area contributed by atoms with Crippen LogP contribution in [0.2, 0.25) is 0 Å². The fourth-order valence-corrected chi connectivity index (χ4v) is 1.75. The summed E-state index contributed by atoms with van der Waals surface area (Å²) in [6.45, 7) is 0. The van der Waals surface area contributed by atoms with Gasteiger partial charge in [-0.2, -0.15) is 0 Å². The summed E-state index contributed by atoms with van der Waals surface area (Å²) in [5, 5.41) is 9.70. The van der Waals surface area contributed by atoms with Crippen LogP contribution in [0.15, 0.2) is 48.9 Å². The molecule has 0 atom stereocenters. The van der Waals surface area contributed by atoms with E-state index in [1.807, 2.05) is 24.3 Å². The first-order valence-corrected chi connectivity index (χ1v) is 5.81. The minimum absolute atomic E-state index is 0.131. The maximum atomic E-state index is 10.7. The van der Waals surface area contributed by atoms with E-state index >= 15 is 0 Å². The van der Waals surface area contributed by atoms with Crippen LogP contribution in [0, 0.1) is 0 Å². The lowest BCUT2D eigenvalue weighted by molar-refractivity contribution is 0.0690. The maximum absolute atomic E-state index is 10.7.